The van der Waals surface area contributed by atoms with Crippen LogP contribution >= 0.6 is 0 Å². The number of aliphatic carboxylic acids is 1. The standard InChI is InChI=1S/C26H55N.C2H4O2/c1-4-7-10-13-16-19-22-25-26(27,23-20-17-14-11-8-5-2)24-21-18-15-12-9-6-3;1-2(3)4/h4-25,27H2,1-3H3;1H3,(H,3,4). The first-order valence-corrected chi connectivity index (χ1v) is 13.9. The molecule has 3 N–H and O–H groups in total. The highest BCUT2D eigenvalue weighted by Crippen LogP contribution is 2.27. The molecule has 0 unspecified atom stereocenters. The van der Waals surface area contributed by atoms with E-state index in [1.54, 1.807) is 0 Å². The number of carboxylic acids is 1. The molecule has 0 bridgehead atoms. The van der Waals surface area contributed by atoms with Gasteiger partial charge in [-0.1, -0.05) is 143 Å². The maximum Gasteiger partial charge on any atom is 0.300 e. The lowest BCUT2D eigenvalue weighted by Gasteiger charge is -2.30. The molecule has 0 aliphatic rings. The molecule has 0 saturated carbocycles. The van der Waals surface area contributed by atoms with Gasteiger partial charge < -0.3 is 10.8 Å². The van der Waals surface area contributed by atoms with Gasteiger partial charge in [0.2, 0.25) is 0 Å². The van der Waals surface area contributed by atoms with Crippen molar-refractivity contribution in [2.75, 3.05) is 0 Å². The molecular formula is C28H59NO2. The second-order valence-corrected chi connectivity index (χ2v) is 9.79. The first-order chi connectivity index (χ1) is 14.9. The van der Waals surface area contributed by atoms with E-state index < -0.39 is 5.97 Å². The van der Waals surface area contributed by atoms with Gasteiger partial charge in [-0.15, -0.1) is 0 Å². The van der Waals surface area contributed by atoms with Gasteiger partial charge in [0, 0.05) is 12.5 Å². The van der Waals surface area contributed by atoms with E-state index in [0.29, 0.717) is 0 Å². The highest BCUT2D eigenvalue weighted by atomic mass is 16.4. The average Bonchev–Trinajstić information content (AvgIpc) is 2.72. The van der Waals surface area contributed by atoms with Gasteiger partial charge in [-0.2, -0.15) is 0 Å². The van der Waals surface area contributed by atoms with Gasteiger partial charge in [-0.25, -0.2) is 0 Å². The summed E-state index contributed by atoms with van der Waals surface area (Å²) in [5.74, 6) is -0.833. The van der Waals surface area contributed by atoms with E-state index in [-0.39, 0.29) is 5.54 Å². The number of rotatable bonds is 22. The van der Waals surface area contributed by atoms with Crippen molar-refractivity contribution in [3.8, 4) is 0 Å². The molecule has 0 aliphatic heterocycles. The summed E-state index contributed by atoms with van der Waals surface area (Å²) in [6.07, 6.45) is 30.3. The lowest BCUT2D eigenvalue weighted by atomic mass is 9.82. The zero-order valence-electron chi connectivity index (χ0n) is 22.0. The summed E-state index contributed by atoms with van der Waals surface area (Å²) in [6, 6.07) is 0. The Bertz CT molecular complexity index is 337. The monoisotopic (exact) mass is 441 g/mol. The lowest BCUT2D eigenvalue weighted by molar-refractivity contribution is -0.134. The number of unbranched alkanes of at least 4 members (excludes halogenated alkanes) is 16. The van der Waals surface area contributed by atoms with E-state index in [0.717, 1.165) is 6.92 Å². The molecule has 0 rings (SSSR count). The maximum atomic E-state index is 9.00. The third-order valence-electron chi connectivity index (χ3n) is 6.33. The van der Waals surface area contributed by atoms with Crippen LogP contribution in [0.15, 0.2) is 0 Å². The molecule has 3 heteroatoms. The first-order valence-electron chi connectivity index (χ1n) is 13.9. The molecule has 0 aromatic carbocycles. The van der Waals surface area contributed by atoms with Crippen LogP contribution in [0.25, 0.3) is 0 Å². The Labute approximate surface area is 196 Å². The van der Waals surface area contributed by atoms with E-state index in [9.17, 15) is 0 Å². The predicted octanol–water partition coefficient (Wildman–Crippen LogP) is 9.42. The van der Waals surface area contributed by atoms with Gasteiger partial charge in [0.1, 0.15) is 0 Å². The Hall–Kier alpha value is -0.570. The molecule has 0 fully saturated rings. The number of hydrogen-bond acceptors (Lipinski definition) is 2. The normalized spacial score (nSPS) is 11.3. The minimum absolute atomic E-state index is 0.138. The maximum absolute atomic E-state index is 9.00. The van der Waals surface area contributed by atoms with Crippen molar-refractivity contribution >= 4 is 5.97 Å². The van der Waals surface area contributed by atoms with Crippen LogP contribution in [-0.4, -0.2) is 16.6 Å². The third kappa shape index (κ3) is 29.4. The van der Waals surface area contributed by atoms with E-state index in [1.165, 1.54) is 141 Å². The third-order valence-corrected chi connectivity index (χ3v) is 6.33. The molecule has 0 heterocycles. The predicted molar refractivity (Wildman–Crippen MR) is 139 cm³/mol. The average molecular weight is 442 g/mol. The van der Waals surface area contributed by atoms with E-state index in [2.05, 4.69) is 20.8 Å². The van der Waals surface area contributed by atoms with Crippen molar-refractivity contribution < 1.29 is 9.90 Å². The second kappa shape index (κ2) is 25.7. The molecule has 0 aromatic heterocycles. The van der Waals surface area contributed by atoms with Crippen LogP contribution in [0.1, 0.15) is 169 Å². The van der Waals surface area contributed by atoms with Crippen molar-refractivity contribution in [2.45, 2.75) is 174 Å². The molecule has 0 aromatic rings. The van der Waals surface area contributed by atoms with Crippen LogP contribution in [0.3, 0.4) is 0 Å². The minimum Gasteiger partial charge on any atom is -0.481 e. The summed E-state index contributed by atoms with van der Waals surface area (Å²) in [6.45, 7) is 7.98. The molecule has 0 radical (unpaired) electrons. The van der Waals surface area contributed by atoms with Crippen LogP contribution in [0, 0.1) is 0 Å². The molecule has 31 heavy (non-hydrogen) atoms. The summed E-state index contributed by atoms with van der Waals surface area (Å²) in [5.41, 5.74) is 7.08. The molecule has 0 amide bonds. The van der Waals surface area contributed by atoms with Gasteiger partial charge in [0.25, 0.3) is 5.97 Å². The number of carbonyl (C=O) groups is 1. The van der Waals surface area contributed by atoms with E-state index in [4.69, 9.17) is 15.6 Å². The van der Waals surface area contributed by atoms with Gasteiger partial charge >= 0.3 is 0 Å². The smallest absolute Gasteiger partial charge is 0.300 e. The Kier molecular flexibility index (Phi) is 27.0. The zero-order valence-corrected chi connectivity index (χ0v) is 22.0. The van der Waals surface area contributed by atoms with Gasteiger partial charge in [-0.05, 0) is 19.3 Å². The Morgan fingerprint density at radius 3 is 0.968 bits per heavy atom. The molecular weight excluding hydrogens is 382 g/mol. The highest BCUT2D eigenvalue weighted by molar-refractivity contribution is 5.62. The molecule has 0 saturated heterocycles. The first kappa shape index (κ1) is 32.6. The number of nitrogens with two attached hydrogens (primary N) is 1. The van der Waals surface area contributed by atoms with E-state index >= 15 is 0 Å². The second-order valence-electron chi connectivity index (χ2n) is 9.79. The molecule has 3 nitrogen and oxygen atoms in total. The van der Waals surface area contributed by atoms with Crippen molar-refractivity contribution in [3.63, 3.8) is 0 Å². The van der Waals surface area contributed by atoms with Crippen molar-refractivity contribution in [1.82, 2.24) is 0 Å². The quantitative estimate of drug-likeness (QED) is 0.164. The SMILES string of the molecule is CC(=O)O.CCCCCCCCCC(N)(CCCCCCCC)CCCCCCCC. The molecule has 0 aliphatic carbocycles. The Balaban J connectivity index is 0. The molecule has 0 spiro atoms. The largest absolute Gasteiger partial charge is 0.481 e. The van der Waals surface area contributed by atoms with Crippen LogP contribution in [0.5, 0.6) is 0 Å². The summed E-state index contributed by atoms with van der Waals surface area (Å²) in [7, 11) is 0. The van der Waals surface area contributed by atoms with Crippen molar-refractivity contribution in [2.24, 2.45) is 5.73 Å². The highest BCUT2D eigenvalue weighted by Gasteiger charge is 2.23. The van der Waals surface area contributed by atoms with Crippen LogP contribution in [-0.2, 0) is 4.79 Å². The topological polar surface area (TPSA) is 63.3 Å². The van der Waals surface area contributed by atoms with Crippen LogP contribution in [0.4, 0.5) is 0 Å². The van der Waals surface area contributed by atoms with Gasteiger partial charge in [0.05, 0.1) is 0 Å². The van der Waals surface area contributed by atoms with E-state index in [1.807, 2.05) is 0 Å². The van der Waals surface area contributed by atoms with Crippen molar-refractivity contribution in [1.29, 1.82) is 0 Å². The molecule has 0 atom stereocenters. The fourth-order valence-corrected chi connectivity index (χ4v) is 4.32. The Morgan fingerprint density at radius 2 is 0.742 bits per heavy atom. The fourth-order valence-electron chi connectivity index (χ4n) is 4.32. The van der Waals surface area contributed by atoms with Crippen LogP contribution in [0.2, 0.25) is 0 Å². The summed E-state index contributed by atoms with van der Waals surface area (Å²) < 4.78 is 0. The number of carboxylic acid groups (broad SMARTS) is 1. The van der Waals surface area contributed by atoms with Gasteiger partial charge in [0.15, 0.2) is 0 Å². The van der Waals surface area contributed by atoms with Gasteiger partial charge in [-0.3, -0.25) is 4.79 Å². The summed E-state index contributed by atoms with van der Waals surface area (Å²) in [5, 5.41) is 7.42. The molecule has 188 valence electrons. The van der Waals surface area contributed by atoms with Crippen molar-refractivity contribution in [3.05, 3.63) is 0 Å². The van der Waals surface area contributed by atoms with Crippen LogP contribution < -0.4 is 5.73 Å². The minimum atomic E-state index is -0.833. The summed E-state index contributed by atoms with van der Waals surface area (Å²) in [4.78, 5) is 9.00. The fraction of sp³-hybridized carbons (Fsp3) is 0.964. The summed E-state index contributed by atoms with van der Waals surface area (Å²) >= 11 is 0. The zero-order chi connectivity index (χ0) is 23.6. The lowest BCUT2D eigenvalue weighted by Crippen LogP contribution is -2.39. The Morgan fingerprint density at radius 1 is 0.548 bits per heavy atom. The number of hydrogen-bond donors (Lipinski definition) is 2.